The zero-order chi connectivity index (χ0) is 14.7. The molecule has 3 N–H and O–H groups in total. The van der Waals surface area contributed by atoms with E-state index in [9.17, 15) is 14.7 Å². The monoisotopic (exact) mass is 282 g/mol. The molecule has 1 heterocycles. The van der Waals surface area contributed by atoms with Gasteiger partial charge in [-0.3, -0.25) is 4.79 Å². The van der Waals surface area contributed by atoms with E-state index in [-0.39, 0.29) is 17.9 Å². The van der Waals surface area contributed by atoms with E-state index < -0.39 is 12.0 Å². The van der Waals surface area contributed by atoms with Crippen LogP contribution in [0.4, 0.5) is 0 Å². The van der Waals surface area contributed by atoms with Gasteiger partial charge in [-0.25, -0.2) is 4.79 Å². The molecule has 0 aromatic rings. The Balaban J connectivity index is 1.92. The van der Waals surface area contributed by atoms with E-state index in [4.69, 9.17) is 0 Å². The standard InChI is InChI=1S/C15H26N2O3/c1-3-9(2)13(15(19)20)17-14(18)12-8-10-6-4-5-7-11(10)16-12/h9-13,16H,3-8H2,1-2H3,(H,17,18)(H,19,20)/t9-,10?,11?,12?,13-/m0/s1. The molecule has 0 aromatic carbocycles. The van der Waals surface area contributed by atoms with Gasteiger partial charge in [-0.05, 0) is 31.1 Å². The van der Waals surface area contributed by atoms with Gasteiger partial charge in [-0.1, -0.05) is 33.1 Å². The summed E-state index contributed by atoms with van der Waals surface area (Å²) < 4.78 is 0. The largest absolute Gasteiger partial charge is 0.480 e. The smallest absolute Gasteiger partial charge is 0.326 e. The summed E-state index contributed by atoms with van der Waals surface area (Å²) in [6, 6.07) is -0.544. The van der Waals surface area contributed by atoms with Crippen molar-refractivity contribution in [1.29, 1.82) is 0 Å². The summed E-state index contributed by atoms with van der Waals surface area (Å²) in [5.74, 6) is -0.554. The molecule has 5 heteroatoms. The van der Waals surface area contributed by atoms with Crippen molar-refractivity contribution in [2.45, 2.75) is 70.5 Å². The lowest BCUT2D eigenvalue weighted by Crippen LogP contribution is -2.51. The molecule has 1 saturated carbocycles. The number of hydrogen-bond donors (Lipinski definition) is 3. The molecule has 1 aliphatic heterocycles. The number of carboxylic acid groups (broad SMARTS) is 1. The van der Waals surface area contributed by atoms with Crippen LogP contribution < -0.4 is 10.6 Å². The number of rotatable bonds is 5. The molecule has 5 nitrogen and oxygen atoms in total. The molecular weight excluding hydrogens is 256 g/mol. The molecule has 2 aliphatic rings. The maximum absolute atomic E-state index is 12.3. The second kappa shape index (κ2) is 6.57. The molecule has 3 unspecified atom stereocenters. The molecule has 2 rings (SSSR count). The van der Waals surface area contributed by atoms with Crippen molar-refractivity contribution >= 4 is 11.9 Å². The van der Waals surface area contributed by atoms with E-state index in [0.717, 1.165) is 19.3 Å². The molecule has 20 heavy (non-hydrogen) atoms. The van der Waals surface area contributed by atoms with Crippen LogP contribution in [0.2, 0.25) is 0 Å². The highest BCUT2D eigenvalue weighted by Crippen LogP contribution is 2.33. The van der Waals surface area contributed by atoms with E-state index in [1.165, 1.54) is 19.3 Å². The first-order chi connectivity index (χ1) is 9.52. The van der Waals surface area contributed by atoms with Crippen LogP contribution in [0.3, 0.4) is 0 Å². The Morgan fingerprint density at radius 2 is 2.05 bits per heavy atom. The molecule has 114 valence electrons. The van der Waals surface area contributed by atoms with Crippen molar-refractivity contribution in [3.05, 3.63) is 0 Å². The highest BCUT2D eigenvalue weighted by Gasteiger charge is 2.39. The summed E-state index contributed by atoms with van der Waals surface area (Å²) in [6.07, 6.45) is 6.40. The van der Waals surface area contributed by atoms with Gasteiger partial charge in [-0.2, -0.15) is 0 Å². The Kier molecular flexibility index (Phi) is 5.02. The van der Waals surface area contributed by atoms with E-state index in [1.54, 1.807) is 0 Å². The number of amides is 1. The van der Waals surface area contributed by atoms with Gasteiger partial charge in [0.15, 0.2) is 0 Å². The molecule has 1 aliphatic carbocycles. The van der Waals surface area contributed by atoms with Crippen molar-refractivity contribution in [3.8, 4) is 0 Å². The molecule has 5 atom stereocenters. The summed E-state index contributed by atoms with van der Waals surface area (Å²) in [5.41, 5.74) is 0. The third kappa shape index (κ3) is 3.32. The lowest BCUT2D eigenvalue weighted by Gasteiger charge is -2.24. The van der Waals surface area contributed by atoms with E-state index in [0.29, 0.717) is 12.0 Å². The molecule has 0 aromatic heterocycles. The summed E-state index contributed by atoms with van der Waals surface area (Å²) in [7, 11) is 0. The van der Waals surface area contributed by atoms with Crippen molar-refractivity contribution in [3.63, 3.8) is 0 Å². The number of aliphatic carboxylic acids is 1. The third-order valence-electron chi connectivity index (χ3n) is 4.96. The van der Waals surface area contributed by atoms with Crippen LogP contribution in [0.1, 0.15) is 52.4 Å². The lowest BCUT2D eigenvalue weighted by atomic mass is 9.85. The fraction of sp³-hybridized carbons (Fsp3) is 0.867. The van der Waals surface area contributed by atoms with Crippen molar-refractivity contribution < 1.29 is 14.7 Å². The topological polar surface area (TPSA) is 78.4 Å². The minimum absolute atomic E-state index is 0.0554. The second-order valence-corrected chi connectivity index (χ2v) is 6.32. The summed E-state index contributed by atoms with van der Waals surface area (Å²) in [6.45, 7) is 3.80. The first-order valence-corrected chi connectivity index (χ1v) is 7.82. The number of fused-ring (bicyclic) bond motifs is 1. The van der Waals surface area contributed by atoms with Crippen LogP contribution in [0.5, 0.6) is 0 Å². The van der Waals surface area contributed by atoms with Gasteiger partial charge in [0, 0.05) is 6.04 Å². The highest BCUT2D eigenvalue weighted by atomic mass is 16.4. The Morgan fingerprint density at radius 3 is 2.65 bits per heavy atom. The number of hydrogen-bond acceptors (Lipinski definition) is 3. The second-order valence-electron chi connectivity index (χ2n) is 6.32. The number of carboxylic acids is 1. The minimum Gasteiger partial charge on any atom is -0.480 e. The van der Waals surface area contributed by atoms with E-state index >= 15 is 0 Å². The molecule has 0 spiro atoms. The van der Waals surface area contributed by atoms with Gasteiger partial charge in [-0.15, -0.1) is 0 Å². The molecule has 2 fully saturated rings. The number of carbonyl (C=O) groups is 2. The van der Waals surface area contributed by atoms with Crippen molar-refractivity contribution in [2.75, 3.05) is 0 Å². The Morgan fingerprint density at radius 1 is 1.35 bits per heavy atom. The predicted molar refractivity (Wildman–Crippen MR) is 76.3 cm³/mol. The van der Waals surface area contributed by atoms with Crippen LogP contribution >= 0.6 is 0 Å². The Bertz CT molecular complexity index is 358. The third-order valence-corrected chi connectivity index (χ3v) is 4.96. The van der Waals surface area contributed by atoms with Crippen LogP contribution in [0.25, 0.3) is 0 Å². The normalized spacial score (nSPS) is 32.2. The van der Waals surface area contributed by atoms with Gasteiger partial charge in [0.2, 0.25) is 5.91 Å². The number of nitrogens with one attached hydrogen (secondary N) is 2. The quantitative estimate of drug-likeness (QED) is 0.714. The summed E-state index contributed by atoms with van der Waals surface area (Å²) in [5, 5.41) is 15.3. The van der Waals surface area contributed by atoms with Gasteiger partial charge >= 0.3 is 5.97 Å². The average Bonchev–Trinajstić information content (AvgIpc) is 2.87. The first-order valence-electron chi connectivity index (χ1n) is 7.82. The van der Waals surface area contributed by atoms with Crippen molar-refractivity contribution in [2.24, 2.45) is 11.8 Å². The first kappa shape index (κ1) is 15.3. The van der Waals surface area contributed by atoms with Gasteiger partial charge in [0.25, 0.3) is 0 Å². The fourth-order valence-electron chi connectivity index (χ4n) is 3.46. The maximum Gasteiger partial charge on any atom is 0.326 e. The molecule has 1 saturated heterocycles. The van der Waals surface area contributed by atoms with Crippen LogP contribution in [0.15, 0.2) is 0 Å². The van der Waals surface area contributed by atoms with E-state index in [2.05, 4.69) is 10.6 Å². The predicted octanol–water partition coefficient (Wildman–Crippen LogP) is 1.52. The van der Waals surface area contributed by atoms with Crippen LogP contribution in [-0.2, 0) is 9.59 Å². The van der Waals surface area contributed by atoms with Gasteiger partial charge < -0.3 is 15.7 Å². The van der Waals surface area contributed by atoms with Crippen LogP contribution in [-0.4, -0.2) is 35.1 Å². The van der Waals surface area contributed by atoms with Crippen molar-refractivity contribution in [1.82, 2.24) is 10.6 Å². The molecule has 1 amide bonds. The SMILES string of the molecule is CC[C@H](C)[C@H](NC(=O)C1CC2CCCCC2N1)C(=O)O. The van der Waals surface area contributed by atoms with Gasteiger partial charge in [0.1, 0.15) is 6.04 Å². The fourth-order valence-corrected chi connectivity index (χ4v) is 3.46. The minimum atomic E-state index is -0.942. The molecule has 0 radical (unpaired) electrons. The van der Waals surface area contributed by atoms with Gasteiger partial charge in [0.05, 0.1) is 6.04 Å². The maximum atomic E-state index is 12.3. The number of carbonyl (C=O) groups excluding carboxylic acids is 1. The lowest BCUT2D eigenvalue weighted by molar-refractivity contribution is -0.143. The summed E-state index contributed by atoms with van der Waals surface area (Å²) in [4.78, 5) is 23.6. The molecular formula is C15H26N2O3. The van der Waals surface area contributed by atoms with E-state index in [1.807, 2.05) is 13.8 Å². The van der Waals surface area contributed by atoms with Crippen LogP contribution in [0, 0.1) is 11.8 Å². The molecule has 0 bridgehead atoms. The Labute approximate surface area is 120 Å². The highest BCUT2D eigenvalue weighted by molar-refractivity contribution is 5.87. The summed E-state index contributed by atoms with van der Waals surface area (Å²) >= 11 is 0. The zero-order valence-electron chi connectivity index (χ0n) is 12.4. The Hall–Kier alpha value is -1.10. The average molecular weight is 282 g/mol. The zero-order valence-corrected chi connectivity index (χ0v) is 12.4.